The molecule has 126 heavy (non-hydrogen) atoms. The molecule has 18 N–H and O–H groups in total. The largest absolute Gasteiger partial charge is 0.534 e. The van der Waals surface area contributed by atoms with Crippen LogP contribution in [-0.4, -0.2) is 194 Å². The van der Waals surface area contributed by atoms with Crippen molar-refractivity contribution in [2.24, 2.45) is 28.7 Å². The number of nitrogens with two attached hydrogens (primary N) is 7. The van der Waals surface area contributed by atoms with E-state index in [9.17, 15) is 65.2 Å². The summed E-state index contributed by atoms with van der Waals surface area (Å²) in [4.78, 5) is 120. The molecule has 45 heteroatoms. The van der Waals surface area contributed by atoms with Crippen molar-refractivity contribution in [3.8, 4) is 35.9 Å². The number of carbonyl (C=O) groups excluding carboxylic acids is 6. The van der Waals surface area contributed by atoms with Crippen LogP contribution >= 0.6 is 71.0 Å². The molecule has 3 aliphatic heterocycles. The number of ether oxygens (including phenoxy) is 3. The standard InChI is InChI=1S/C20H29N5O3S.C15H21N5OS.C12H12F3N3O4S2.C11H13N3O2S.C9H10N2OS.C7H10O2.C4H9NO.C3H4N2S/c1-5-6-12-11-13(23-18-14(12)15(21)16(29-18)17(22)26)24-7-9-25(10-8-24)19(27)28-20(2,3)4;1-2-3-9-8-10(20-6-4-18-5-7-20)19-15-11(9)12(16)13(22-15)14(17)21;1-2-3-7-4-10(22-24(20,21)12(13,14)15)18-11(8(7)5-16)23-6-9(17)19;1-2-3-7-4-10(16)14-11(8(7)5-12)17-6-9(13)15;1-2-3-6-4-8(12)11-9(13)7(6)5-10;1-3-4-5-6-7(8)9-2;1-3-6-4-2-5-1;1-5-2-3(4)6/h11H,5-10,21H2,1-4H3,(H2,22,26);8,18H,2-7,16H2,1H3,(H2,17,21);4H,2-3,6H2,1H3,(H2,17,19);4H,2-3,6H2,1H3,(H2,13,15)(H,14,16);4H,2-3H2,1H3,(H2,11,12,13);3-4H2,1-2H3;5H,1-4H2;2H2,(H2,4,6). The van der Waals surface area contributed by atoms with Crippen molar-refractivity contribution < 1.29 is 68.7 Å². The number of thiocarbonyl (C=S) groups is 1. The van der Waals surface area contributed by atoms with E-state index in [1.54, 1.807) is 11.8 Å². The number of aromatic amines is 2. The van der Waals surface area contributed by atoms with E-state index in [2.05, 4.69) is 112 Å². The number of nitrogen functional groups attached to an aromatic ring is 2. The maximum absolute atomic E-state index is 12.4. The average molecular weight is 1880 g/mol. The molecule has 7 aromatic heterocycles. The van der Waals surface area contributed by atoms with Gasteiger partial charge in [-0.25, -0.2) is 31.1 Å². The number of rotatable bonds is 24. The number of unbranched alkanes of at least 4 members (excludes halogenated alkanes) is 1. The third-order valence-electron chi connectivity index (χ3n) is 16.9. The summed E-state index contributed by atoms with van der Waals surface area (Å²) in [6.45, 7) is 34.0. The number of aromatic nitrogens is 5. The van der Waals surface area contributed by atoms with Crippen LogP contribution in [0.3, 0.4) is 0 Å². The van der Waals surface area contributed by atoms with E-state index >= 15 is 0 Å². The molecule has 0 aliphatic carbocycles. The number of esters is 1. The van der Waals surface area contributed by atoms with Crippen molar-refractivity contribution >= 4 is 165 Å². The molecule has 5 amide bonds. The second kappa shape index (κ2) is 55.4. The van der Waals surface area contributed by atoms with Crippen molar-refractivity contribution in [3.63, 3.8) is 0 Å². The highest BCUT2D eigenvalue weighted by Gasteiger charge is 2.49. The average Bonchev–Trinajstić information content (AvgIpc) is 1.59. The van der Waals surface area contributed by atoms with Crippen LogP contribution in [0.5, 0.6) is 5.88 Å². The van der Waals surface area contributed by atoms with Crippen molar-refractivity contribution in [2.75, 3.05) is 125 Å². The summed E-state index contributed by atoms with van der Waals surface area (Å²) >= 11 is 12.7. The van der Waals surface area contributed by atoms with Crippen LogP contribution in [0.15, 0.2) is 55.0 Å². The van der Waals surface area contributed by atoms with Crippen LogP contribution in [0.25, 0.3) is 25.3 Å². The number of alkyl halides is 3. The number of morpholine rings is 1. The zero-order valence-corrected chi connectivity index (χ0v) is 77.5. The number of nitrogens with one attached hydrogen (secondary N) is 4. The summed E-state index contributed by atoms with van der Waals surface area (Å²) < 4.78 is 78.2. The predicted octanol–water partition coefficient (Wildman–Crippen LogP) is 9.06. The molecule has 684 valence electrons. The summed E-state index contributed by atoms with van der Waals surface area (Å²) in [6.07, 6.45) is 9.12. The van der Waals surface area contributed by atoms with Gasteiger partial charge in [-0.05, 0) is 99.2 Å². The van der Waals surface area contributed by atoms with Gasteiger partial charge in [-0.1, -0.05) is 115 Å². The molecule has 3 aliphatic rings. The van der Waals surface area contributed by atoms with Crippen LogP contribution in [0.1, 0.15) is 171 Å². The number of piperazine rings is 2. The third-order valence-corrected chi connectivity index (χ3v) is 22.5. The smallest absolute Gasteiger partial charge is 0.459 e. The molecule has 10 rings (SSSR count). The van der Waals surface area contributed by atoms with E-state index in [1.165, 1.54) is 41.9 Å². The van der Waals surface area contributed by atoms with E-state index in [0.717, 1.165) is 177 Å². The van der Waals surface area contributed by atoms with Gasteiger partial charge in [-0.3, -0.25) is 28.8 Å². The number of anilines is 4. The Hall–Kier alpha value is -11.0. The van der Waals surface area contributed by atoms with Crippen molar-refractivity contribution in [1.82, 2.24) is 40.5 Å². The number of nitrogens with zero attached hydrogens (tertiary/aromatic N) is 10. The Kier molecular flexibility index (Phi) is 48.0. The van der Waals surface area contributed by atoms with Crippen molar-refractivity contribution in [2.45, 2.75) is 166 Å². The van der Waals surface area contributed by atoms with E-state index in [4.69, 9.17) is 76.7 Å². The molecule has 0 radical (unpaired) electrons. The Morgan fingerprint density at radius 3 is 1.48 bits per heavy atom. The highest BCUT2D eigenvalue weighted by Crippen LogP contribution is 2.40. The zero-order chi connectivity index (χ0) is 94.6. The number of carbonyl (C=O) groups is 6. The lowest BCUT2D eigenvalue weighted by Crippen LogP contribution is -2.50. The maximum atomic E-state index is 12.4. The molecule has 0 saturated carbocycles. The molecule has 7 aromatic rings. The van der Waals surface area contributed by atoms with E-state index in [1.807, 2.05) is 59.7 Å². The molecule has 35 nitrogen and oxygen atoms in total. The SMILES string of the molecule is C1COCCN1.CCCC#CC(=O)OC.CCCc1cc(=O)[nH]c(S)c1C#N.CCCc1cc(=O)[nH]c(SCC(N)=O)c1C#N.CCCc1cc(N2CCN(C(=O)OC(C)(C)C)CC2)nc2sc(C(N)=O)c(N)c12.CCCc1cc(N2CCNCC2)nc2sc(C(N)=O)c(N)c12.CCCc1cc(OS(=O)(=O)C(F)(F)F)nc(SCC(N)=O)c1C#N.[C-]#[N+]CC(N)=S. The summed E-state index contributed by atoms with van der Waals surface area (Å²) in [7, 11) is -4.57. The number of thiophene rings is 2. The molecular formula is C81H108F3N21O14S7. The van der Waals surface area contributed by atoms with Crippen molar-refractivity contribution in [3.05, 3.63) is 117 Å². The number of hydrogen-bond acceptors (Lipinski definition) is 32. The molecule has 3 saturated heterocycles. The normalized spacial score (nSPS) is 12.7. The third kappa shape index (κ3) is 36.5. The lowest BCUT2D eigenvalue weighted by Gasteiger charge is -2.36. The molecule has 3 fully saturated rings. The number of fused-ring (bicyclic) bond motifs is 2. The number of halogens is 3. The number of hydrogen-bond donors (Lipinski definition) is 12. The quantitative estimate of drug-likeness (QED) is 0.00309. The van der Waals surface area contributed by atoms with E-state index in [0.29, 0.717) is 98.7 Å². The lowest BCUT2D eigenvalue weighted by atomic mass is 10.1. The minimum absolute atomic E-state index is 0.0276. The van der Waals surface area contributed by atoms with Gasteiger partial charge in [-0.2, -0.15) is 37.4 Å². The van der Waals surface area contributed by atoms with Gasteiger partial charge in [-0.15, -0.1) is 35.3 Å². The van der Waals surface area contributed by atoms with E-state index in [-0.39, 0.29) is 62.8 Å². The Morgan fingerprint density at radius 1 is 0.643 bits per heavy atom. The fourth-order valence-corrected chi connectivity index (χ4v) is 15.7. The number of H-pyrrole nitrogens is 2. The number of methoxy groups -OCH3 is 1. The first-order chi connectivity index (χ1) is 59.6. The van der Waals surface area contributed by atoms with E-state index < -0.39 is 56.7 Å². The minimum Gasteiger partial charge on any atom is -0.459 e. The van der Waals surface area contributed by atoms with Gasteiger partial charge in [0.15, 0.2) is 4.99 Å². The summed E-state index contributed by atoms with van der Waals surface area (Å²) in [6, 6.07) is 13.9. The van der Waals surface area contributed by atoms with Gasteiger partial charge in [0, 0.05) is 107 Å². The Morgan fingerprint density at radius 2 is 1.09 bits per heavy atom. The van der Waals surface area contributed by atoms with Gasteiger partial charge in [0.25, 0.3) is 18.4 Å². The molecule has 10 heterocycles. The van der Waals surface area contributed by atoms with Crippen LogP contribution < -0.4 is 75.9 Å². The fraction of sp³-hybridized carbons (Fsp3) is 0.481. The number of primary amides is 4. The van der Waals surface area contributed by atoms with Crippen molar-refractivity contribution in [1.29, 1.82) is 15.8 Å². The first kappa shape index (κ1) is 109. The summed E-state index contributed by atoms with van der Waals surface area (Å²) in [5, 5.41) is 35.9. The van der Waals surface area contributed by atoms with Crippen LogP contribution in [-0.2, 0) is 70.8 Å². The molecule has 0 atom stereocenters. The number of thiol groups is 1. The van der Waals surface area contributed by atoms with Gasteiger partial charge in [0.1, 0.15) is 59.9 Å². The second-order valence-corrected chi connectivity index (χ2v) is 34.5. The fourth-order valence-electron chi connectivity index (χ4n) is 11.4. The summed E-state index contributed by atoms with van der Waals surface area (Å²) in [5.74, 6) is 3.02. The minimum atomic E-state index is -5.90. The zero-order valence-electron chi connectivity index (χ0n) is 71.7. The first-order valence-electron chi connectivity index (χ1n) is 39.6. The molecule has 0 bridgehead atoms. The lowest BCUT2D eigenvalue weighted by molar-refractivity contribution is -0.133. The topological polar surface area (TPSA) is 570 Å². The Bertz CT molecular complexity index is 5360. The van der Waals surface area contributed by atoms with Gasteiger partial charge in [0.05, 0.1) is 69.9 Å². The molecular weight excluding hydrogens is 1770 g/mol. The number of nitriles is 3. The Labute approximate surface area is 757 Å². The molecule has 0 unspecified atom stereocenters. The molecule has 0 aromatic carbocycles. The number of thioether (sulfide) groups is 2. The number of amides is 5. The number of pyridine rings is 5. The summed E-state index contributed by atoms with van der Waals surface area (Å²) in [5.41, 5.74) is 37.4. The Balaban J connectivity index is 0.000000389. The monoisotopic (exact) mass is 1880 g/mol. The van der Waals surface area contributed by atoms with Gasteiger partial charge < -0.3 is 98.7 Å². The highest BCUT2D eigenvalue weighted by atomic mass is 32.2. The van der Waals surface area contributed by atoms with Crippen LogP contribution in [0.4, 0.5) is 41.0 Å². The predicted molar refractivity (Wildman–Crippen MR) is 492 cm³/mol. The van der Waals surface area contributed by atoms with Crippen LogP contribution in [0, 0.1) is 52.4 Å². The highest BCUT2D eigenvalue weighted by molar-refractivity contribution is 8.00. The van der Waals surface area contributed by atoms with Crippen LogP contribution in [0.2, 0.25) is 0 Å². The maximum Gasteiger partial charge on any atom is 0.534 e. The molecule has 0 spiro atoms. The number of aryl methyl sites for hydroxylation is 5. The van der Waals surface area contributed by atoms with Gasteiger partial charge in [0.2, 0.25) is 28.8 Å². The second-order valence-electron chi connectivity index (χ2n) is 28.1. The van der Waals surface area contributed by atoms with Gasteiger partial charge >= 0.3 is 27.7 Å². The first-order valence-corrected chi connectivity index (χ1v) is 45.4.